The standard InChI is InChI=1S/C17H23N3O2/c1-13(15-5-3-14(11-18)4-6-15)20-16(21)19-12-17(7-8-17)9-10-22-2/h3-6,13H,7-10,12H2,1-2H3,(H2,19,20,21)/t13-/m0/s1. The van der Waals surface area contributed by atoms with E-state index in [1.807, 2.05) is 19.1 Å². The van der Waals surface area contributed by atoms with Gasteiger partial charge in [0.25, 0.3) is 0 Å². The maximum Gasteiger partial charge on any atom is 0.315 e. The van der Waals surface area contributed by atoms with Crippen LogP contribution in [-0.4, -0.2) is 26.3 Å². The summed E-state index contributed by atoms with van der Waals surface area (Å²) in [5.74, 6) is 0. The SMILES string of the molecule is COCCC1(CNC(=O)N[C@@H](C)c2ccc(C#N)cc2)CC1. The van der Waals surface area contributed by atoms with Crippen molar-refractivity contribution in [2.45, 2.75) is 32.2 Å². The number of methoxy groups -OCH3 is 1. The quantitative estimate of drug-likeness (QED) is 0.813. The average molecular weight is 301 g/mol. The molecule has 0 heterocycles. The molecule has 2 rings (SSSR count). The van der Waals surface area contributed by atoms with Crippen LogP contribution in [0.25, 0.3) is 0 Å². The van der Waals surface area contributed by atoms with E-state index < -0.39 is 0 Å². The highest BCUT2D eigenvalue weighted by Crippen LogP contribution is 2.48. The summed E-state index contributed by atoms with van der Waals surface area (Å²) >= 11 is 0. The second-order valence-corrected chi connectivity index (χ2v) is 6.03. The summed E-state index contributed by atoms with van der Waals surface area (Å²) in [4.78, 5) is 12.0. The first-order valence-corrected chi connectivity index (χ1v) is 7.62. The molecule has 0 bridgehead atoms. The van der Waals surface area contributed by atoms with Crippen molar-refractivity contribution < 1.29 is 9.53 Å². The molecule has 1 aliphatic carbocycles. The molecule has 118 valence electrons. The van der Waals surface area contributed by atoms with E-state index in [1.54, 1.807) is 19.2 Å². The van der Waals surface area contributed by atoms with Gasteiger partial charge in [0.05, 0.1) is 17.7 Å². The first-order chi connectivity index (χ1) is 10.6. The Morgan fingerprint density at radius 1 is 1.41 bits per heavy atom. The Balaban J connectivity index is 1.77. The molecule has 5 heteroatoms. The van der Waals surface area contributed by atoms with Gasteiger partial charge in [-0.25, -0.2) is 4.79 Å². The Kier molecular flexibility index (Phi) is 5.40. The van der Waals surface area contributed by atoms with Gasteiger partial charge in [-0.15, -0.1) is 0 Å². The lowest BCUT2D eigenvalue weighted by atomic mass is 10.0. The van der Waals surface area contributed by atoms with Crippen LogP contribution in [0.4, 0.5) is 4.79 Å². The van der Waals surface area contributed by atoms with Gasteiger partial charge < -0.3 is 15.4 Å². The molecular weight excluding hydrogens is 278 g/mol. The van der Waals surface area contributed by atoms with E-state index >= 15 is 0 Å². The van der Waals surface area contributed by atoms with Crippen molar-refractivity contribution in [1.82, 2.24) is 10.6 Å². The van der Waals surface area contributed by atoms with Crippen molar-refractivity contribution in [1.29, 1.82) is 5.26 Å². The predicted molar refractivity (Wildman–Crippen MR) is 84.3 cm³/mol. The van der Waals surface area contributed by atoms with E-state index in [-0.39, 0.29) is 17.5 Å². The minimum atomic E-state index is -0.152. The number of nitrogens with zero attached hydrogens (tertiary/aromatic N) is 1. The molecule has 22 heavy (non-hydrogen) atoms. The molecule has 1 atom stereocenters. The van der Waals surface area contributed by atoms with Crippen LogP contribution in [0, 0.1) is 16.7 Å². The van der Waals surface area contributed by atoms with Gasteiger partial charge in [-0.3, -0.25) is 0 Å². The van der Waals surface area contributed by atoms with Crippen LogP contribution in [0.3, 0.4) is 0 Å². The molecule has 1 aromatic carbocycles. The average Bonchev–Trinajstić information content (AvgIpc) is 3.31. The number of hydrogen-bond acceptors (Lipinski definition) is 3. The summed E-state index contributed by atoms with van der Waals surface area (Å²) in [6, 6.07) is 9.09. The van der Waals surface area contributed by atoms with Crippen molar-refractivity contribution in [3.05, 3.63) is 35.4 Å². The first kappa shape index (κ1) is 16.3. The molecule has 0 aromatic heterocycles. The molecule has 1 aromatic rings. The summed E-state index contributed by atoms with van der Waals surface area (Å²) in [6.45, 7) is 3.37. The smallest absolute Gasteiger partial charge is 0.315 e. The molecule has 0 radical (unpaired) electrons. The van der Waals surface area contributed by atoms with Crippen molar-refractivity contribution in [2.24, 2.45) is 5.41 Å². The third-order valence-corrected chi connectivity index (χ3v) is 4.30. The van der Waals surface area contributed by atoms with Crippen LogP contribution in [0.15, 0.2) is 24.3 Å². The Bertz CT molecular complexity index is 544. The monoisotopic (exact) mass is 301 g/mol. The number of amides is 2. The third-order valence-electron chi connectivity index (χ3n) is 4.30. The van der Waals surface area contributed by atoms with Gasteiger partial charge in [-0.05, 0) is 49.3 Å². The summed E-state index contributed by atoms with van der Waals surface area (Å²) in [7, 11) is 1.70. The zero-order valence-electron chi connectivity index (χ0n) is 13.2. The predicted octanol–water partition coefficient (Wildman–Crippen LogP) is 2.74. The number of rotatable bonds is 7. The molecule has 0 unspecified atom stereocenters. The van der Waals surface area contributed by atoms with Crippen molar-refractivity contribution >= 4 is 6.03 Å². The number of ether oxygens (including phenoxy) is 1. The first-order valence-electron chi connectivity index (χ1n) is 7.62. The molecule has 1 fully saturated rings. The molecule has 0 saturated heterocycles. The maximum absolute atomic E-state index is 12.0. The van der Waals surface area contributed by atoms with Crippen LogP contribution >= 0.6 is 0 Å². The molecule has 1 aliphatic rings. The van der Waals surface area contributed by atoms with Gasteiger partial charge >= 0.3 is 6.03 Å². The largest absolute Gasteiger partial charge is 0.385 e. The van der Waals surface area contributed by atoms with E-state index in [9.17, 15) is 4.79 Å². The molecule has 2 amide bonds. The van der Waals surface area contributed by atoms with Crippen molar-refractivity contribution in [3.8, 4) is 6.07 Å². The van der Waals surface area contributed by atoms with Crippen LogP contribution in [0.1, 0.15) is 43.4 Å². The topological polar surface area (TPSA) is 74.2 Å². The fraction of sp³-hybridized carbons (Fsp3) is 0.529. The van der Waals surface area contributed by atoms with Gasteiger partial charge in [0.2, 0.25) is 0 Å². The Morgan fingerprint density at radius 3 is 2.64 bits per heavy atom. The Labute approximate surface area is 131 Å². The summed E-state index contributed by atoms with van der Waals surface area (Å²) in [6.07, 6.45) is 3.30. The summed E-state index contributed by atoms with van der Waals surface area (Å²) in [5.41, 5.74) is 1.84. The zero-order chi connectivity index (χ0) is 16.0. The maximum atomic E-state index is 12.0. The number of benzene rings is 1. The Hall–Kier alpha value is -2.06. The molecule has 0 spiro atoms. The highest BCUT2D eigenvalue weighted by Gasteiger charge is 2.42. The lowest BCUT2D eigenvalue weighted by Gasteiger charge is -2.18. The van der Waals surface area contributed by atoms with E-state index in [4.69, 9.17) is 10.00 Å². The van der Waals surface area contributed by atoms with Gasteiger partial charge in [0.1, 0.15) is 0 Å². The normalized spacial score (nSPS) is 16.4. The highest BCUT2D eigenvalue weighted by molar-refractivity contribution is 5.74. The lowest BCUT2D eigenvalue weighted by Crippen LogP contribution is -2.40. The summed E-state index contributed by atoms with van der Waals surface area (Å²) in [5, 5.41) is 14.7. The number of urea groups is 1. The zero-order valence-corrected chi connectivity index (χ0v) is 13.2. The molecule has 0 aliphatic heterocycles. The number of nitrogens with one attached hydrogen (secondary N) is 2. The van der Waals surface area contributed by atoms with Crippen LogP contribution in [0.2, 0.25) is 0 Å². The Morgan fingerprint density at radius 2 is 2.09 bits per heavy atom. The second-order valence-electron chi connectivity index (χ2n) is 6.03. The third kappa shape index (κ3) is 4.47. The lowest BCUT2D eigenvalue weighted by molar-refractivity contribution is 0.171. The van der Waals surface area contributed by atoms with Gasteiger partial charge in [0.15, 0.2) is 0 Å². The van der Waals surface area contributed by atoms with Gasteiger partial charge in [-0.2, -0.15) is 5.26 Å². The molecule has 5 nitrogen and oxygen atoms in total. The fourth-order valence-electron chi connectivity index (χ4n) is 2.46. The number of nitriles is 1. The number of carbonyl (C=O) groups is 1. The molecular formula is C17H23N3O2. The molecule has 1 saturated carbocycles. The van der Waals surface area contributed by atoms with Crippen LogP contribution in [0.5, 0.6) is 0 Å². The number of carbonyl (C=O) groups excluding carboxylic acids is 1. The van der Waals surface area contributed by atoms with E-state index in [1.165, 1.54) is 0 Å². The van der Waals surface area contributed by atoms with Crippen LogP contribution < -0.4 is 10.6 Å². The minimum Gasteiger partial charge on any atom is -0.385 e. The highest BCUT2D eigenvalue weighted by atomic mass is 16.5. The van der Waals surface area contributed by atoms with Gasteiger partial charge in [-0.1, -0.05) is 12.1 Å². The number of hydrogen-bond donors (Lipinski definition) is 2. The minimum absolute atomic E-state index is 0.0955. The fourth-order valence-corrected chi connectivity index (χ4v) is 2.46. The van der Waals surface area contributed by atoms with Crippen LogP contribution in [-0.2, 0) is 4.74 Å². The van der Waals surface area contributed by atoms with Gasteiger partial charge in [0, 0.05) is 20.3 Å². The molecule has 2 N–H and O–H groups in total. The van der Waals surface area contributed by atoms with E-state index in [0.29, 0.717) is 12.1 Å². The summed E-state index contributed by atoms with van der Waals surface area (Å²) < 4.78 is 5.11. The second kappa shape index (κ2) is 7.28. The van der Waals surface area contributed by atoms with Crippen molar-refractivity contribution in [2.75, 3.05) is 20.3 Å². The van der Waals surface area contributed by atoms with E-state index in [2.05, 4.69) is 16.7 Å². The van der Waals surface area contributed by atoms with E-state index in [0.717, 1.165) is 31.4 Å². The van der Waals surface area contributed by atoms with Crippen molar-refractivity contribution in [3.63, 3.8) is 0 Å².